The number of anilines is 2. The lowest BCUT2D eigenvalue weighted by atomic mass is 10.1. The van der Waals surface area contributed by atoms with Crippen LogP contribution in [0.3, 0.4) is 0 Å². The second-order valence-corrected chi connectivity index (χ2v) is 8.12. The number of carbonyl (C=O) groups is 1. The Hall–Kier alpha value is -2.61. The molecule has 8 heteroatoms. The van der Waals surface area contributed by atoms with Gasteiger partial charge in [0.1, 0.15) is 5.82 Å². The fourth-order valence-electron chi connectivity index (χ4n) is 2.93. The summed E-state index contributed by atoms with van der Waals surface area (Å²) in [5, 5.41) is 0. The smallest absolute Gasteiger partial charge is 0.254 e. The second-order valence-electron chi connectivity index (χ2n) is 6.37. The normalized spacial score (nSPS) is 15.0. The number of hydrogen-bond donors (Lipinski definition) is 1. The number of benzene rings is 1. The van der Waals surface area contributed by atoms with Crippen molar-refractivity contribution < 1.29 is 13.2 Å². The number of amides is 1. The number of carbonyl (C=O) groups excluding carboxylic acids is 1. The predicted molar refractivity (Wildman–Crippen MR) is 102 cm³/mol. The molecule has 0 saturated carbocycles. The molecule has 0 spiro atoms. The minimum absolute atomic E-state index is 0.0952. The molecule has 0 atom stereocenters. The van der Waals surface area contributed by atoms with Gasteiger partial charge in [-0.15, -0.1) is 0 Å². The Balaban J connectivity index is 1.70. The maximum absolute atomic E-state index is 12.8. The molecular weight excluding hydrogens is 352 g/mol. The van der Waals surface area contributed by atoms with Gasteiger partial charge in [-0.25, -0.2) is 13.4 Å². The molecule has 1 aromatic carbocycles. The van der Waals surface area contributed by atoms with Crippen molar-refractivity contribution in [2.75, 3.05) is 42.1 Å². The Kier molecular flexibility index (Phi) is 5.13. The third-order valence-corrected chi connectivity index (χ3v) is 4.91. The number of hydrogen-bond acceptors (Lipinski definition) is 5. The summed E-state index contributed by atoms with van der Waals surface area (Å²) in [6, 6.07) is 10.9. The molecule has 138 valence electrons. The zero-order valence-corrected chi connectivity index (χ0v) is 15.7. The first-order chi connectivity index (χ1) is 12.3. The third kappa shape index (κ3) is 4.32. The molecule has 0 unspecified atom stereocenters. The third-order valence-electron chi connectivity index (χ3n) is 4.32. The lowest BCUT2D eigenvalue weighted by Gasteiger charge is -2.35. The van der Waals surface area contributed by atoms with Gasteiger partial charge in [0.05, 0.1) is 11.9 Å². The van der Waals surface area contributed by atoms with Crippen molar-refractivity contribution in [1.82, 2.24) is 9.88 Å². The molecule has 2 heterocycles. The highest BCUT2D eigenvalue weighted by Gasteiger charge is 2.23. The fourth-order valence-corrected chi connectivity index (χ4v) is 3.55. The monoisotopic (exact) mass is 374 g/mol. The quantitative estimate of drug-likeness (QED) is 0.881. The molecule has 2 aromatic rings. The fraction of sp³-hybridized carbons (Fsp3) is 0.333. The zero-order chi connectivity index (χ0) is 18.7. The number of aryl methyl sites for hydroxylation is 1. The van der Waals surface area contributed by atoms with Crippen molar-refractivity contribution in [3.05, 3.63) is 53.7 Å². The van der Waals surface area contributed by atoms with E-state index in [2.05, 4.69) is 14.6 Å². The molecule has 26 heavy (non-hydrogen) atoms. The highest BCUT2D eigenvalue weighted by Crippen LogP contribution is 2.20. The van der Waals surface area contributed by atoms with E-state index in [4.69, 9.17) is 0 Å². The molecule has 1 aliphatic heterocycles. The van der Waals surface area contributed by atoms with Crippen LogP contribution in [0.25, 0.3) is 0 Å². The number of piperazine rings is 1. The van der Waals surface area contributed by atoms with E-state index in [1.165, 1.54) is 0 Å². The van der Waals surface area contributed by atoms with Crippen LogP contribution in [0.5, 0.6) is 0 Å². The largest absolute Gasteiger partial charge is 0.353 e. The Morgan fingerprint density at radius 2 is 1.85 bits per heavy atom. The summed E-state index contributed by atoms with van der Waals surface area (Å²) in [5.74, 6) is 0.816. The van der Waals surface area contributed by atoms with Gasteiger partial charge in [0.25, 0.3) is 5.91 Å². The van der Waals surface area contributed by atoms with Crippen LogP contribution in [0.4, 0.5) is 11.5 Å². The SMILES string of the molecule is Cc1ccc(C(=O)N2CCN(c3ccccn3)CC2)cc1NS(C)(=O)=O. The van der Waals surface area contributed by atoms with Crippen molar-refractivity contribution in [3.63, 3.8) is 0 Å². The minimum Gasteiger partial charge on any atom is -0.353 e. The van der Waals surface area contributed by atoms with Crippen molar-refractivity contribution in [2.45, 2.75) is 6.92 Å². The molecule has 1 N–H and O–H groups in total. The maximum atomic E-state index is 12.8. The summed E-state index contributed by atoms with van der Waals surface area (Å²) in [5.41, 5.74) is 1.69. The van der Waals surface area contributed by atoms with Crippen LogP contribution in [0.15, 0.2) is 42.6 Å². The molecule has 3 rings (SSSR count). The molecule has 1 aromatic heterocycles. The number of pyridine rings is 1. The van der Waals surface area contributed by atoms with Gasteiger partial charge in [-0.3, -0.25) is 9.52 Å². The van der Waals surface area contributed by atoms with Crippen LogP contribution in [0.1, 0.15) is 15.9 Å². The Morgan fingerprint density at radius 3 is 2.46 bits per heavy atom. The zero-order valence-electron chi connectivity index (χ0n) is 14.8. The highest BCUT2D eigenvalue weighted by molar-refractivity contribution is 7.92. The van der Waals surface area contributed by atoms with Crippen molar-refractivity contribution in [3.8, 4) is 0 Å². The Morgan fingerprint density at radius 1 is 1.12 bits per heavy atom. The van der Waals surface area contributed by atoms with E-state index in [1.54, 1.807) is 36.2 Å². The first-order valence-corrected chi connectivity index (χ1v) is 10.3. The van der Waals surface area contributed by atoms with Crippen LogP contribution < -0.4 is 9.62 Å². The standard InChI is InChI=1S/C18H22N4O3S/c1-14-6-7-15(13-16(14)20-26(2,24)25)18(23)22-11-9-21(10-12-22)17-5-3-4-8-19-17/h3-8,13,20H,9-12H2,1-2H3. The molecule has 0 radical (unpaired) electrons. The van der Waals surface area contributed by atoms with Gasteiger partial charge in [-0.2, -0.15) is 0 Å². The summed E-state index contributed by atoms with van der Waals surface area (Å²) in [6.45, 7) is 4.41. The van der Waals surface area contributed by atoms with E-state index in [0.29, 0.717) is 37.4 Å². The second kappa shape index (κ2) is 7.33. The van der Waals surface area contributed by atoms with E-state index in [0.717, 1.165) is 17.6 Å². The van der Waals surface area contributed by atoms with Gasteiger partial charge < -0.3 is 9.80 Å². The van der Waals surface area contributed by atoms with E-state index < -0.39 is 10.0 Å². The van der Waals surface area contributed by atoms with Gasteiger partial charge in [-0.1, -0.05) is 12.1 Å². The van der Waals surface area contributed by atoms with Crippen molar-refractivity contribution in [2.24, 2.45) is 0 Å². The molecule has 0 aliphatic carbocycles. The highest BCUT2D eigenvalue weighted by atomic mass is 32.2. The number of nitrogens with one attached hydrogen (secondary N) is 1. The molecule has 1 fully saturated rings. The van der Waals surface area contributed by atoms with Crippen LogP contribution in [0, 0.1) is 6.92 Å². The van der Waals surface area contributed by atoms with Gasteiger partial charge in [0, 0.05) is 37.9 Å². The summed E-state index contributed by atoms with van der Waals surface area (Å²) >= 11 is 0. The first-order valence-electron chi connectivity index (χ1n) is 8.37. The van der Waals surface area contributed by atoms with E-state index >= 15 is 0 Å². The molecular formula is C18H22N4O3S. The molecule has 0 bridgehead atoms. The van der Waals surface area contributed by atoms with Crippen molar-refractivity contribution in [1.29, 1.82) is 0 Å². The minimum atomic E-state index is -3.39. The number of aromatic nitrogens is 1. The lowest BCUT2D eigenvalue weighted by molar-refractivity contribution is 0.0746. The molecule has 1 aliphatic rings. The first kappa shape index (κ1) is 18.2. The topological polar surface area (TPSA) is 82.6 Å². The summed E-state index contributed by atoms with van der Waals surface area (Å²) in [6.07, 6.45) is 2.85. The molecule has 7 nitrogen and oxygen atoms in total. The average Bonchev–Trinajstić information content (AvgIpc) is 2.63. The van der Waals surface area contributed by atoms with Crippen LogP contribution in [-0.4, -0.2) is 56.6 Å². The summed E-state index contributed by atoms with van der Waals surface area (Å²) < 4.78 is 25.4. The lowest BCUT2D eigenvalue weighted by Crippen LogP contribution is -2.49. The molecule has 1 saturated heterocycles. The van der Waals surface area contributed by atoms with Crippen molar-refractivity contribution >= 4 is 27.4 Å². The van der Waals surface area contributed by atoms with Gasteiger partial charge in [0.2, 0.25) is 10.0 Å². The Labute approximate surface area is 153 Å². The van der Waals surface area contributed by atoms with Gasteiger partial charge >= 0.3 is 0 Å². The predicted octanol–water partition coefficient (Wildman–Crippen LogP) is 1.72. The molecule has 1 amide bonds. The maximum Gasteiger partial charge on any atom is 0.254 e. The van der Waals surface area contributed by atoms with E-state index in [9.17, 15) is 13.2 Å². The van der Waals surface area contributed by atoms with Crippen LogP contribution in [0.2, 0.25) is 0 Å². The van der Waals surface area contributed by atoms with Crippen LogP contribution >= 0.6 is 0 Å². The van der Waals surface area contributed by atoms with E-state index in [-0.39, 0.29) is 5.91 Å². The average molecular weight is 374 g/mol. The van der Waals surface area contributed by atoms with Crippen LogP contribution in [-0.2, 0) is 10.0 Å². The number of nitrogens with zero attached hydrogens (tertiary/aromatic N) is 3. The number of rotatable bonds is 4. The Bertz CT molecular complexity index is 892. The van der Waals surface area contributed by atoms with E-state index in [1.807, 2.05) is 18.2 Å². The number of sulfonamides is 1. The summed E-state index contributed by atoms with van der Waals surface area (Å²) in [4.78, 5) is 21.1. The van der Waals surface area contributed by atoms with Gasteiger partial charge in [-0.05, 0) is 36.8 Å². The van der Waals surface area contributed by atoms with Gasteiger partial charge in [0.15, 0.2) is 0 Å². The summed E-state index contributed by atoms with van der Waals surface area (Å²) in [7, 11) is -3.39.